The molecule has 0 bridgehead atoms. The Morgan fingerprint density at radius 1 is 0.892 bits per heavy atom. The van der Waals surface area contributed by atoms with Gasteiger partial charge in [0.15, 0.2) is 0 Å². The van der Waals surface area contributed by atoms with Gasteiger partial charge in [-0.2, -0.15) is 0 Å². The van der Waals surface area contributed by atoms with E-state index < -0.39 is 6.04 Å². The van der Waals surface area contributed by atoms with Gasteiger partial charge in [0, 0.05) is 30.5 Å². The van der Waals surface area contributed by atoms with Crippen molar-refractivity contribution in [1.82, 2.24) is 10.2 Å². The van der Waals surface area contributed by atoms with E-state index in [0.29, 0.717) is 30.8 Å². The van der Waals surface area contributed by atoms with Gasteiger partial charge in [-0.1, -0.05) is 109 Å². The molecule has 1 aliphatic carbocycles. The molecule has 37 heavy (non-hydrogen) atoms. The van der Waals surface area contributed by atoms with Gasteiger partial charge in [-0.25, -0.2) is 0 Å². The van der Waals surface area contributed by atoms with Gasteiger partial charge in [-0.3, -0.25) is 9.59 Å². The number of rotatable bonds is 10. The van der Waals surface area contributed by atoms with E-state index in [1.165, 1.54) is 12.0 Å². The second-order valence-corrected chi connectivity index (χ2v) is 10.6. The predicted molar refractivity (Wildman–Crippen MR) is 150 cm³/mol. The van der Waals surface area contributed by atoms with Crippen LogP contribution in [-0.4, -0.2) is 28.8 Å². The van der Waals surface area contributed by atoms with Crippen molar-refractivity contribution in [3.63, 3.8) is 0 Å². The van der Waals surface area contributed by atoms with Crippen LogP contribution in [0.3, 0.4) is 0 Å². The van der Waals surface area contributed by atoms with Gasteiger partial charge in [0.2, 0.25) is 11.8 Å². The first-order chi connectivity index (χ1) is 18.0. The molecule has 0 heterocycles. The summed E-state index contributed by atoms with van der Waals surface area (Å²) in [4.78, 5) is 29.4. The van der Waals surface area contributed by atoms with Gasteiger partial charge in [0.1, 0.15) is 6.04 Å². The molecule has 0 saturated heterocycles. The van der Waals surface area contributed by atoms with E-state index in [2.05, 4.69) is 36.5 Å². The van der Waals surface area contributed by atoms with E-state index in [9.17, 15) is 9.59 Å². The van der Waals surface area contributed by atoms with Crippen molar-refractivity contribution in [3.05, 3.63) is 106 Å². The average Bonchev–Trinajstić information content (AvgIpc) is 2.92. The molecular formula is C32H37ClN2O2. The molecule has 1 unspecified atom stereocenters. The molecule has 1 atom stereocenters. The van der Waals surface area contributed by atoms with Crippen LogP contribution in [0.2, 0.25) is 5.02 Å². The number of nitrogens with one attached hydrogen (secondary N) is 1. The van der Waals surface area contributed by atoms with E-state index in [-0.39, 0.29) is 17.9 Å². The maximum Gasteiger partial charge on any atom is 0.243 e. The maximum absolute atomic E-state index is 13.8. The van der Waals surface area contributed by atoms with E-state index in [4.69, 9.17) is 11.6 Å². The van der Waals surface area contributed by atoms with Crippen LogP contribution in [0.15, 0.2) is 78.9 Å². The minimum atomic E-state index is -0.619. The molecule has 1 N–H and O–H groups in total. The average molecular weight is 517 g/mol. The van der Waals surface area contributed by atoms with Crippen molar-refractivity contribution < 1.29 is 9.59 Å². The van der Waals surface area contributed by atoms with E-state index in [1.54, 1.807) is 4.90 Å². The van der Waals surface area contributed by atoms with Gasteiger partial charge in [0.05, 0.1) is 0 Å². The Hall–Kier alpha value is -3.11. The Kier molecular flexibility index (Phi) is 9.78. The van der Waals surface area contributed by atoms with Crippen LogP contribution in [0.1, 0.15) is 60.8 Å². The zero-order chi connectivity index (χ0) is 26.0. The molecule has 4 rings (SSSR count). The molecule has 3 aromatic rings. The Labute approximate surface area is 226 Å². The molecule has 5 heteroatoms. The summed E-state index contributed by atoms with van der Waals surface area (Å²) in [6, 6.07) is 25.3. The van der Waals surface area contributed by atoms with E-state index in [0.717, 1.165) is 42.4 Å². The lowest BCUT2D eigenvalue weighted by atomic mass is 9.94. The lowest BCUT2D eigenvalue weighted by Crippen LogP contribution is -2.53. The first-order valence-corrected chi connectivity index (χ1v) is 13.8. The van der Waals surface area contributed by atoms with Gasteiger partial charge in [0.25, 0.3) is 0 Å². The van der Waals surface area contributed by atoms with Gasteiger partial charge in [-0.05, 0) is 48.9 Å². The summed E-state index contributed by atoms with van der Waals surface area (Å²) in [5, 5.41) is 3.89. The van der Waals surface area contributed by atoms with Crippen molar-refractivity contribution in [2.75, 3.05) is 0 Å². The smallest absolute Gasteiger partial charge is 0.243 e. The minimum Gasteiger partial charge on any atom is -0.352 e. The Balaban J connectivity index is 1.61. The van der Waals surface area contributed by atoms with E-state index in [1.807, 2.05) is 54.6 Å². The monoisotopic (exact) mass is 516 g/mol. The fourth-order valence-electron chi connectivity index (χ4n) is 5.06. The second kappa shape index (κ2) is 13.4. The molecule has 2 amide bonds. The number of hydrogen-bond acceptors (Lipinski definition) is 2. The molecule has 0 radical (unpaired) electrons. The Morgan fingerprint density at radius 3 is 2.27 bits per heavy atom. The summed E-state index contributed by atoms with van der Waals surface area (Å²) >= 11 is 6.52. The normalized spacial score (nSPS) is 14.6. The number of hydrogen-bond donors (Lipinski definition) is 1. The summed E-state index contributed by atoms with van der Waals surface area (Å²) in [7, 11) is 0. The maximum atomic E-state index is 13.8. The number of nitrogens with zero attached hydrogens (tertiary/aromatic N) is 1. The number of carbonyl (C=O) groups is 2. The third-order valence-electron chi connectivity index (χ3n) is 7.27. The van der Waals surface area contributed by atoms with Crippen LogP contribution in [0, 0.1) is 6.92 Å². The van der Waals surface area contributed by atoms with Crippen molar-refractivity contribution in [2.45, 2.75) is 76.9 Å². The molecule has 194 valence electrons. The van der Waals surface area contributed by atoms with Crippen LogP contribution in [0.4, 0.5) is 0 Å². The lowest BCUT2D eigenvalue weighted by molar-refractivity contribution is -0.141. The number of amides is 2. The number of carbonyl (C=O) groups excluding carboxylic acids is 2. The van der Waals surface area contributed by atoms with E-state index >= 15 is 0 Å². The number of aryl methyl sites for hydroxylation is 2. The molecular weight excluding hydrogens is 480 g/mol. The zero-order valence-corrected chi connectivity index (χ0v) is 22.4. The Bertz CT molecular complexity index is 1160. The lowest BCUT2D eigenvalue weighted by Gasteiger charge is -2.33. The third kappa shape index (κ3) is 7.93. The van der Waals surface area contributed by atoms with Crippen LogP contribution < -0.4 is 5.32 Å². The highest BCUT2D eigenvalue weighted by atomic mass is 35.5. The van der Waals surface area contributed by atoms with Crippen molar-refractivity contribution >= 4 is 23.4 Å². The van der Waals surface area contributed by atoms with Crippen molar-refractivity contribution in [3.8, 4) is 0 Å². The van der Waals surface area contributed by atoms with Crippen LogP contribution in [0.25, 0.3) is 0 Å². The molecule has 1 fully saturated rings. The standard InChI is InChI=1S/C32H37ClN2O2/c1-24-16-18-25(19-17-24)20-21-31(36)35(23-27-12-8-9-15-29(27)33)30(22-26-10-4-2-5-11-26)32(37)34-28-13-6-3-7-14-28/h2,4-5,8-12,15-19,28,30H,3,6-7,13-14,20-23H2,1H3,(H,34,37). The molecule has 0 aliphatic heterocycles. The van der Waals surface area contributed by atoms with Crippen LogP contribution in [-0.2, 0) is 29.0 Å². The first kappa shape index (κ1) is 26.9. The largest absolute Gasteiger partial charge is 0.352 e. The van der Waals surface area contributed by atoms with Crippen LogP contribution in [0.5, 0.6) is 0 Å². The minimum absolute atomic E-state index is 0.0415. The second-order valence-electron chi connectivity index (χ2n) is 10.1. The molecule has 1 aliphatic rings. The summed E-state index contributed by atoms with van der Waals surface area (Å²) in [5.41, 5.74) is 4.18. The fourth-order valence-corrected chi connectivity index (χ4v) is 5.25. The number of benzene rings is 3. The molecule has 4 nitrogen and oxygen atoms in total. The summed E-state index contributed by atoms with van der Waals surface area (Å²) in [5.74, 6) is -0.119. The highest BCUT2D eigenvalue weighted by Crippen LogP contribution is 2.23. The Morgan fingerprint density at radius 2 is 1.57 bits per heavy atom. The van der Waals surface area contributed by atoms with Gasteiger partial charge < -0.3 is 10.2 Å². The van der Waals surface area contributed by atoms with Gasteiger partial charge in [-0.15, -0.1) is 0 Å². The quantitative estimate of drug-likeness (QED) is 0.327. The molecule has 1 saturated carbocycles. The predicted octanol–water partition coefficient (Wildman–Crippen LogP) is 6.67. The zero-order valence-electron chi connectivity index (χ0n) is 21.7. The summed E-state index contributed by atoms with van der Waals surface area (Å²) in [6.45, 7) is 2.35. The van der Waals surface area contributed by atoms with Crippen molar-refractivity contribution in [1.29, 1.82) is 0 Å². The summed E-state index contributed by atoms with van der Waals surface area (Å²) < 4.78 is 0. The van der Waals surface area contributed by atoms with Crippen molar-refractivity contribution in [2.24, 2.45) is 0 Å². The molecule has 0 aromatic heterocycles. The fraction of sp³-hybridized carbons (Fsp3) is 0.375. The highest BCUT2D eigenvalue weighted by Gasteiger charge is 2.32. The first-order valence-electron chi connectivity index (χ1n) is 13.4. The number of halogens is 1. The van der Waals surface area contributed by atoms with Gasteiger partial charge >= 0.3 is 0 Å². The highest BCUT2D eigenvalue weighted by molar-refractivity contribution is 6.31. The summed E-state index contributed by atoms with van der Waals surface area (Å²) in [6.07, 6.45) is 6.89. The van der Waals surface area contributed by atoms with Crippen LogP contribution >= 0.6 is 11.6 Å². The SMILES string of the molecule is Cc1ccc(CCC(=O)N(Cc2ccccc2Cl)C(Cc2ccccc2)C(=O)NC2CCCCC2)cc1. The molecule has 3 aromatic carbocycles. The third-order valence-corrected chi connectivity index (χ3v) is 7.64. The molecule has 0 spiro atoms. The topological polar surface area (TPSA) is 49.4 Å².